The minimum Gasteiger partial charge on any atom is -0.358 e. The SMILES string of the molecule is Cc1[nH]c2ccccc2c1-c1cc(CCN)no1. The molecule has 0 aliphatic rings. The number of hydrogen-bond donors (Lipinski definition) is 2. The Morgan fingerprint density at radius 1 is 1.33 bits per heavy atom. The van der Waals surface area contributed by atoms with Crippen molar-refractivity contribution < 1.29 is 4.52 Å². The highest BCUT2D eigenvalue weighted by atomic mass is 16.5. The smallest absolute Gasteiger partial charge is 0.169 e. The number of hydrogen-bond acceptors (Lipinski definition) is 3. The summed E-state index contributed by atoms with van der Waals surface area (Å²) >= 11 is 0. The minimum absolute atomic E-state index is 0.582. The first-order valence-electron chi connectivity index (χ1n) is 6.03. The average molecular weight is 241 g/mol. The molecule has 0 aliphatic carbocycles. The van der Waals surface area contributed by atoms with E-state index >= 15 is 0 Å². The second-order valence-corrected chi connectivity index (χ2v) is 4.39. The molecule has 0 saturated heterocycles. The van der Waals surface area contributed by atoms with Crippen LogP contribution < -0.4 is 5.73 Å². The van der Waals surface area contributed by atoms with Crippen LogP contribution in [0.1, 0.15) is 11.4 Å². The first-order chi connectivity index (χ1) is 8.79. The first-order valence-corrected chi connectivity index (χ1v) is 6.03. The molecule has 0 saturated carbocycles. The molecule has 3 rings (SSSR count). The fourth-order valence-electron chi connectivity index (χ4n) is 2.29. The van der Waals surface area contributed by atoms with E-state index in [9.17, 15) is 0 Å². The number of nitrogens with two attached hydrogens (primary N) is 1. The van der Waals surface area contributed by atoms with Gasteiger partial charge in [-0.25, -0.2) is 0 Å². The van der Waals surface area contributed by atoms with E-state index < -0.39 is 0 Å². The van der Waals surface area contributed by atoms with E-state index in [1.54, 1.807) is 0 Å². The maximum Gasteiger partial charge on any atom is 0.169 e. The number of aromatic nitrogens is 2. The molecule has 3 aromatic rings. The summed E-state index contributed by atoms with van der Waals surface area (Å²) in [5.74, 6) is 0.799. The monoisotopic (exact) mass is 241 g/mol. The largest absolute Gasteiger partial charge is 0.358 e. The lowest BCUT2D eigenvalue weighted by Gasteiger charge is -1.94. The number of aryl methyl sites for hydroxylation is 1. The van der Waals surface area contributed by atoms with Gasteiger partial charge in [-0.15, -0.1) is 0 Å². The Kier molecular flexibility index (Phi) is 2.64. The second kappa shape index (κ2) is 4.31. The van der Waals surface area contributed by atoms with Crippen LogP contribution in [-0.2, 0) is 6.42 Å². The van der Waals surface area contributed by atoms with Crippen LogP contribution in [0.5, 0.6) is 0 Å². The topological polar surface area (TPSA) is 67.8 Å². The van der Waals surface area contributed by atoms with Crippen LogP contribution in [-0.4, -0.2) is 16.7 Å². The number of fused-ring (bicyclic) bond motifs is 1. The molecule has 0 amide bonds. The van der Waals surface area contributed by atoms with E-state index in [4.69, 9.17) is 10.3 Å². The van der Waals surface area contributed by atoms with Gasteiger partial charge in [0, 0.05) is 34.6 Å². The normalized spacial score (nSPS) is 11.2. The molecule has 0 spiro atoms. The molecule has 18 heavy (non-hydrogen) atoms. The van der Waals surface area contributed by atoms with E-state index in [-0.39, 0.29) is 0 Å². The van der Waals surface area contributed by atoms with Gasteiger partial charge >= 0.3 is 0 Å². The molecule has 0 aliphatic heterocycles. The number of aromatic amines is 1. The van der Waals surface area contributed by atoms with Crippen molar-refractivity contribution >= 4 is 10.9 Å². The molecule has 2 aromatic heterocycles. The molecule has 4 heteroatoms. The molecule has 3 N–H and O–H groups in total. The number of H-pyrrole nitrogens is 1. The Hall–Kier alpha value is -2.07. The van der Waals surface area contributed by atoms with E-state index in [0.29, 0.717) is 6.54 Å². The summed E-state index contributed by atoms with van der Waals surface area (Å²) in [7, 11) is 0. The van der Waals surface area contributed by atoms with Gasteiger partial charge < -0.3 is 15.2 Å². The van der Waals surface area contributed by atoms with Crippen LogP contribution in [0.15, 0.2) is 34.9 Å². The lowest BCUT2D eigenvalue weighted by molar-refractivity contribution is 0.424. The number of benzene rings is 1. The Morgan fingerprint density at radius 2 is 2.17 bits per heavy atom. The third kappa shape index (κ3) is 1.71. The summed E-state index contributed by atoms with van der Waals surface area (Å²) in [6.07, 6.45) is 0.741. The molecule has 0 unspecified atom stereocenters. The van der Waals surface area contributed by atoms with Crippen molar-refractivity contribution in [2.24, 2.45) is 5.73 Å². The fourth-order valence-corrected chi connectivity index (χ4v) is 2.29. The summed E-state index contributed by atoms with van der Waals surface area (Å²) in [6, 6.07) is 10.1. The highest BCUT2D eigenvalue weighted by Gasteiger charge is 2.14. The number of rotatable bonds is 3. The van der Waals surface area contributed by atoms with Crippen molar-refractivity contribution in [3.8, 4) is 11.3 Å². The molecule has 0 atom stereocenters. The molecular weight excluding hydrogens is 226 g/mol. The highest BCUT2D eigenvalue weighted by Crippen LogP contribution is 2.32. The lowest BCUT2D eigenvalue weighted by Crippen LogP contribution is -2.02. The van der Waals surface area contributed by atoms with Gasteiger partial charge in [0.15, 0.2) is 5.76 Å². The lowest BCUT2D eigenvalue weighted by atomic mass is 10.1. The molecule has 0 bridgehead atoms. The zero-order valence-electron chi connectivity index (χ0n) is 10.2. The van der Waals surface area contributed by atoms with Gasteiger partial charge in [-0.2, -0.15) is 0 Å². The number of para-hydroxylation sites is 1. The number of nitrogens with one attached hydrogen (secondary N) is 1. The van der Waals surface area contributed by atoms with Crippen LogP contribution in [0.2, 0.25) is 0 Å². The van der Waals surface area contributed by atoms with E-state index in [1.165, 1.54) is 0 Å². The summed E-state index contributed by atoms with van der Waals surface area (Å²) in [4.78, 5) is 3.35. The summed E-state index contributed by atoms with van der Waals surface area (Å²) in [5, 5.41) is 5.20. The van der Waals surface area contributed by atoms with Crippen molar-refractivity contribution in [2.75, 3.05) is 6.54 Å². The summed E-state index contributed by atoms with van der Waals surface area (Å²) in [5.41, 5.74) is 9.71. The maximum absolute atomic E-state index is 5.52. The predicted molar refractivity (Wildman–Crippen MR) is 71.3 cm³/mol. The third-order valence-electron chi connectivity index (χ3n) is 3.10. The van der Waals surface area contributed by atoms with Crippen LogP contribution in [0.3, 0.4) is 0 Å². The molecule has 1 aromatic carbocycles. The summed E-state index contributed by atoms with van der Waals surface area (Å²) < 4.78 is 5.42. The standard InChI is InChI=1S/C14H15N3O/c1-9-14(11-4-2-3-5-12(11)16-9)13-8-10(6-7-15)17-18-13/h2-5,8,16H,6-7,15H2,1H3. The Balaban J connectivity index is 2.15. The van der Waals surface area contributed by atoms with Gasteiger partial charge in [-0.1, -0.05) is 23.4 Å². The van der Waals surface area contributed by atoms with Gasteiger partial charge in [-0.3, -0.25) is 0 Å². The van der Waals surface area contributed by atoms with E-state index in [0.717, 1.165) is 40.0 Å². The van der Waals surface area contributed by atoms with Gasteiger partial charge in [0.05, 0.1) is 5.69 Å². The molecule has 2 heterocycles. The van der Waals surface area contributed by atoms with Gasteiger partial charge in [0.25, 0.3) is 0 Å². The van der Waals surface area contributed by atoms with Gasteiger partial charge in [0.2, 0.25) is 0 Å². The van der Waals surface area contributed by atoms with Crippen LogP contribution >= 0.6 is 0 Å². The zero-order chi connectivity index (χ0) is 12.5. The van der Waals surface area contributed by atoms with Crippen molar-refractivity contribution in [1.29, 1.82) is 0 Å². The zero-order valence-corrected chi connectivity index (χ0v) is 10.2. The van der Waals surface area contributed by atoms with Crippen molar-refractivity contribution in [3.05, 3.63) is 41.7 Å². The maximum atomic E-state index is 5.52. The van der Waals surface area contributed by atoms with Gasteiger partial charge in [-0.05, 0) is 19.5 Å². The highest BCUT2D eigenvalue weighted by molar-refractivity contribution is 5.96. The fraction of sp³-hybridized carbons (Fsp3) is 0.214. The molecule has 92 valence electrons. The van der Waals surface area contributed by atoms with E-state index in [1.807, 2.05) is 25.1 Å². The first kappa shape index (κ1) is 11.0. The molecule has 0 radical (unpaired) electrons. The Labute approximate surface area is 105 Å². The number of nitrogens with zero attached hydrogens (tertiary/aromatic N) is 1. The van der Waals surface area contributed by atoms with E-state index in [2.05, 4.69) is 22.3 Å². The minimum atomic E-state index is 0.582. The quantitative estimate of drug-likeness (QED) is 0.740. The van der Waals surface area contributed by atoms with Crippen LogP contribution in [0.4, 0.5) is 0 Å². The third-order valence-corrected chi connectivity index (χ3v) is 3.10. The molecular formula is C14H15N3O. The molecule has 0 fully saturated rings. The predicted octanol–water partition coefficient (Wildman–Crippen LogP) is 2.63. The van der Waals surface area contributed by atoms with Crippen molar-refractivity contribution in [2.45, 2.75) is 13.3 Å². The Bertz CT molecular complexity index is 681. The summed E-state index contributed by atoms with van der Waals surface area (Å²) in [6.45, 7) is 2.62. The molecule has 4 nitrogen and oxygen atoms in total. The van der Waals surface area contributed by atoms with Crippen LogP contribution in [0.25, 0.3) is 22.2 Å². The average Bonchev–Trinajstić information content (AvgIpc) is 2.92. The van der Waals surface area contributed by atoms with Crippen LogP contribution in [0, 0.1) is 6.92 Å². The second-order valence-electron chi connectivity index (χ2n) is 4.39. The van der Waals surface area contributed by atoms with Gasteiger partial charge in [0.1, 0.15) is 0 Å². The Morgan fingerprint density at radius 3 is 3.00 bits per heavy atom. The van der Waals surface area contributed by atoms with Crippen molar-refractivity contribution in [1.82, 2.24) is 10.1 Å². The van der Waals surface area contributed by atoms with Crippen molar-refractivity contribution in [3.63, 3.8) is 0 Å².